The molecule has 0 amide bonds. The van der Waals surface area contributed by atoms with Crippen LogP contribution in [-0.2, 0) is 6.42 Å². The summed E-state index contributed by atoms with van der Waals surface area (Å²) in [5.41, 5.74) is 3.07. The zero-order chi connectivity index (χ0) is 14.9. The van der Waals surface area contributed by atoms with E-state index in [0.29, 0.717) is 5.92 Å². The van der Waals surface area contributed by atoms with Crippen molar-refractivity contribution in [3.63, 3.8) is 0 Å². The largest absolute Gasteiger partial charge is 0.340 e. The van der Waals surface area contributed by atoms with Crippen LogP contribution in [0.15, 0.2) is 54.9 Å². The van der Waals surface area contributed by atoms with Crippen LogP contribution in [0.25, 0.3) is 5.65 Å². The van der Waals surface area contributed by atoms with E-state index < -0.39 is 0 Å². The summed E-state index contributed by atoms with van der Waals surface area (Å²) in [6.45, 7) is 4.16. The fourth-order valence-corrected chi connectivity index (χ4v) is 2.54. The van der Waals surface area contributed by atoms with Gasteiger partial charge in [0.1, 0.15) is 5.82 Å². The average molecular weight is 291 g/mol. The Hall–Kier alpha value is -2.69. The van der Waals surface area contributed by atoms with Gasteiger partial charge >= 0.3 is 0 Å². The third kappa shape index (κ3) is 2.57. The van der Waals surface area contributed by atoms with Crippen molar-refractivity contribution in [3.8, 4) is 0 Å². The van der Waals surface area contributed by atoms with Gasteiger partial charge in [-0.25, -0.2) is 4.98 Å². The van der Waals surface area contributed by atoms with Gasteiger partial charge in [0, 0.05) is 24.5 Å². The van der Waals surface area contributed by atoms with Gasteiger partial charge in [-0.15, -0.1) is 5.10 Å². The van der Waals surface area contributed by atoms with E-state index in [9.17, 15) is 0 Å². The minimum Gasteiger partial charge on any atom is -0.340 e. The summed E-state index contributed by atoms with van der Waals surface area (Å²) in [5, 5.41) is 7.97. The Morgan fingerprint density at radius 1 is 1.23 bits per heavy atom. The number of aromatic nitrogens is 4. The second kappa shape index (κ2) is 5.26. The first-order valence-corrected chi connectivity index (χ1v) is 7.49. The lowest BCUT2D eigenvalue weighted by Gasteiger charge is -2.07. The van der Waals surface area contributed by atoms with Crippen molar-refractivity contribution in [3.05, 3.63) is 60.7 Å². The summed E-state index contributed by atoms with van der Waals surface area (Å²) in [7, 11) is 0. The third-order valence-corrected chi connectivity index (χ3v) is 3.90. The smallest absolute Gasteiger partial charge is 0.158 e. The molecule has 3 heterocycles. The SMILES string of the molecule is C=C(Cc1nc2cccc(Nc3ccncc3)n2n1)C1CC1. The molecule has 110 valence electrons. The van der Waals surface area contributed by atoms with E-state index in [-0.39, 0.29) is 0 Å². The highest BCUT2D eigenvalue weighted by molar-refractivity contribution is 5.58. The van der Waals surface area contributed by atoms with Crippen molar-refractivity contribution < 1.29 is 0 Å². The van der Waals surface area contributed by atoms with E-state index >= 15 is 0 Å². The maximum Gasteiger partial charge on any atom is 0.158 e. The molecule has 1 fully saturated rings. The van der Waals surface area contributed by atoms with E-state index in [2.05, 4.69) is 27.0 Å². The van der Waals surface area contributed by atoms with Gasteiger partial charge in [0.2, 0.25) is 0 Å². The van der Waals surface area contributed by atoms with Gasteiger partial charge in [-0.05, 0) is 43.0 Å². The highest BCUT2D eigenvalue weighted by Crippen LogP contribution is 2.36. The van der Waals surface area contributed by atoms with Crippen molar-refractivity contribution in [2.24, 2.45) is 5.92 Å². The van der Waals surface area contributed by atoms with Gasteiger partial charge in [-0.2, -0.15) is 4.52 Å². The van der Waals surface area contributed by atoms with Crippen LogP contribution in [0.5, 0.6) is 0 Å². The molecule has 0 unspecified atom stereocenters. The fourth-order valence-electron chi connectivity index (χ4n) is 2.54. The second-order valence-corrected chi connectivity index (χ2v) is 5.68. The average Bonchev–Trinajstić information content (AvgIpc) is 3.30. The zero-order valence-electron chi connectivity index (χ0n) is 12.2. The minimum absolute atomic E-state index is 0.682. The molecule has 4 rings (SSSR count). The summed E-state index contributed by atoms with van der Waals surface area (Å²) < 4.78 is 1.84. The predicted molar refractivity (Wildman–Crippen MR) is 86.1 cm³/mol. The van der Waals surface area contributed by atoms with Crippen LogP contribution in [0.2, 0.25) is 0 Å². The topological polar surface area (TPSA) is 55.1 Å². The van der Waals surface area contributed by atoms with E-state index in [4.69, 9.17) is 0 Å². The van der Waals surface area contributed by atoms with Crippen LogP contribution in [0.3, 0.4) is 0 Å². The molecule has 0 atom stereocenters. The summed E-state index contributed by atoms with van der Waals surface area (Å²) in [5.74, 6) is 2.40. The number of nitrogens with one attached hydrogen (secondary N) is 1. The molecule has 1 saturated carbocycles. The molecule has 3 aromatic heterocycles. The number of nitrogens with zero attached hydrogens (tertiary/aromatic N) is 4. The van der Waals surface area contributed by atoms with Crippen molar-refractivity contribution in [2.45, 2.75) is 19.3 Å². The zero-order valence-corrected chi connectivity index (χ0v) is 12.2. The van der Waals surface area contributed by atoms with Crippen LogP contribution in [-0.4, -0.2) is 19.6 Å². The van der Waals surface area contributed by atoms with E-state index in [1.54, 1.807) is 12.4 Å². The molecular weight excluding hydrogens is 274 g/mol. The molecule has 0 radical (unpaired) electrons. The first-order valence-electron chi connectivity index (χ1n) is 7.49. The van der Waals surface area contributed by atoms with Gasteiger partial charge < -0.3 is 5.32 Å². The summed E-state index contributed by atoms with van der Waals surface area (Å²) in [6.07, 6.45) is 6.81. The lowest BCUT2D eigenvalue weighted by atomic mass is 10.1. The number of rotatable bonds is 5. The number of pyridine rings is 2. The van der Waals surface area contributed by atoms with Crippen LogP contribution in [0, 0.1) is 5.92 Å². The molecule has 0 aromatic carbocycles. The van der Waals surface area contributed by atoms with Gasteiger partial charge in [0.05, 0.1) is 0 Å². The van der Waals surface area contributed by atoms with Crippen LogP contribution in [0.1, 0.15) is 18.7 Å². The Bertz CT molecular complexity index is 817. The predicted octanol–water partition coefficient (Wildman–Crippen LogP) is 3.38. The van der Waals surface area contributed by atoms with Crippen LogP contribution >= 0.6 is 0 Å². The monoisotopic (exact) mass is 291 g/mol. The molecule has 1 aliphatic rings. The van der Waals surface area contributed by atoms with Crippen molar-refractivity contribution >= 4 is 17.2 Å². The number of hydrogen-bond acceptors (Lipinski definition) is 4. The second-order valence-electron chi connectivity index (χ2n) is 5.68. The lowest BCUT2D eigenvalue weighted by Crippen LogP contribution is -2.00. The highest BCUT2D eigenvalue weighted by Gasteiger charge is 2.25. The van der Waals surface area contributed by atoms with E-state index in [1.807, 2.05) is 34.8 Å². The first kappa shape index (κ1) is 13.0. The molecule has 3 aromatic rings. The molecule has 1 aliphatic carbocycles. The van der Waals surface area contributed by atoms with E-state index in [0.717, 1.165) is 29.4 Å². The minimum atomic E-state index is 0.682. The van der Waals surface area contributed by atoms with Crippen molar-refractivity contribution in [1.82, 2.24) is 19.6 Å². The van der Waals surface area contributed by atoms with Crippen LogP contribution < -0.4 is 5.32 Å². The lowest BCUT2D eigenvalue weighted by molar-refractivity contribution is 0.856. The summed E-state index contributed by atoms with van der Waals surface area (Å²) >= 11 is 0. The molecule has 5 heteroatoms. The number of fused-ring (bicyclic) bond motifs is 1. The molecule has 22 heavy (non-hydrogen) atoms. The Morgan fingerprint density at radius 2 is 2.05 bits per heavy atom. The Morgan fingerprint density at radius 3 is 2.82 bits per heavy atom. The molecule has 0 bridgehead atoms. The van der Waals surface area contributed by atoms with Gasteiger partial charge in [-0.1, -0.05) is 18.2 Å². The third-order valence-electron chi connectivity index (χ3n) is 3.90. The highest BCUT2D eigenvalue weighted by atomic mass is 15.3. The summed E-state index contributed by atoms with van der Waals surface area (Å²) in [4.78, 5) is 8.63. The molecule has 0 aliphatic heterocycles. The van der Waals surface area contributed by atoms with Crippen LogP contribution in [0.4, 0.5) is 11.5 Å². The Labute approximate surface area is 128 Å². The van der Waals surface area contributed by atoms with Crippen molar-refractivity contribution in [1.29, 1.82) is 0 Å². The maximum absolute atomic E-state index is 4.63. The quantitative estimate of drug-likeness (QED) is 0.732. The number of allylic oxidation sites excluding steroid dienone is 1. The van der Waals surface area contributed by atoms with E-state index in [1.165, 1.54) is 18.4 Å². The summed E-state index contributed by atoms with van der Waals surface area (Å²) in [6, 6.07) is 9.78. The maximum atomic E-state index is 4.63. The first-order chi connectivity index (χ1) is 10.8. The Kier molecular flexibility index (Phi) is 3.11. The van der Waals surface area contributed by atoms with Gasteiger partial charge in [-0.3, -0.25) is 4.98 Å². The fraction of sp³-hybridized carbons (Fsp3) is 0.235. The molecular formula is C17H17N5. The van der Waals surface area contributed by atoms with Gasteiger partial charge in [0.25, 0.3) is 0 Å². The molecule has 0 saturated heterocycles. The number of hydrogen-bond donors (Lipinski definition) is 1. The van der Waals surface area contributed by atoms with Gasteiger partial charge in [0.15, 0.2) is 11.5 Å². The van der Waals surface area contributed by atoms with Crippen molar-refractivity contribution in [2.75, 3.05) is 5.32 Å². The molecule has 1 N–H and O–H groups in total. The molecule has 0 spiro atoms. The molecule has 5 nitrogen and oxygen atoms in total. The number of anilines is 2. The standard InChI is InChI=1S/C17H17N5/c1-12(13-5-6-13)11-15-20-17-4-2-3-16(22(17)21-15)19-14-7-9-18-10-8-14/h2-4,7-10,13H,1,5-6,11H2,(H,18,19). The Balaban J connectivity index is 1.64. The normalized spacial score (nSPS) is 14.2.